The molecule has 0 aromatic carbocycles. The van der Waals surface area contributed by atoms with Crippen LogP contribution in [0.1, 0.15) is 26.3 Å². The predicted octanol–water partition coefficient (Wildman–Crippen LogP) is 1.17. The van der Waals surface area contributed by atoms with Crippen LogP contribution in [0.3, 0.4) is 0 Å². The molecule has 1 amide bonds. The average Bonchev–Trinajstić information content (AvgIpc) is 2.26. The number of amides is 1. The van der Waals surface area contributed by atoms with Gasteiger partial charge in [-0.15, -0.1) is 0 Å². The summed E-state index contributed by atoms with van der Waals surface area (Å²) in [7, 11) is 0. The molecule has 2 N–H and O–H groups in total. The summed E-state index contributed by atoms with van der Waals surface area (Å²) in [6.07, 6.45) is 3.49. The first kappa shape index (κ1) is 12.6. The zero-order valence-electron chi connectivity index (χ0n) is 10.1. The molecule has 1 atom stereocenters. The Labute approximate surface area is 96.5 Å². The van der Waals surface area contributed by atoms with Crippen molar-refractivity contribution in [1.29, 1.82) is 0 Å². The third-order valence-electron chi connectivity index (χ3n) is 2.37. The largest absolute Gasteiger partial charge is 0.335 e. The van der Waals surface area contributed by atoms with Crippen LogP contribution in [0.5, 0.6) is 0 Å². The molecule has 0 unspecified atom stereocenters. The lowest BCUT2D eigenvalue weighted by atomic mass is 10.2. The standard InChI is InChI=1S/C12H19N3O/c1-9(2)15(12(16)10(3)13)8-11-5-4-6-14-7-11/h4-7,9-10H,8,13H2,1-3H3/t10-/m0/s1. The van der Waals surface area contributed by atoms with Crippen LogP contribution in [-0.4, -0.2) is 27.9 Å². The number of rotatable bonds is 4. The number of carbonyl (C=O) groups excluding carboxylic acids is 1. The lowest BCUT2D eigenvalue weighted by molar-refractivity contribution is -0.134. The van der Waals surface area contributed by atoms with Crippen LogP contribution < -0.4 is 5.73 Å². The molecule has 0 bridgehead atoms. The maximum absolute atomic E-state index is 11.9. The van der Waals surface area contributed by atoms with Crippen molar-refractivity contribution in [2.45, 2.75) is 39.4 Å². The molecule has 16 heavy (non-hydrogen) atoms. The molecule has 1 aromatic rings. The summed E-state index contributed by atoms with van der Waals surface area (Å²) >= 11 is 0. The molecule has 4 heteroatoms. The predicted molar refractivity (Wildman–Crippen MR) is 63.6 cm³/mol. The fourth-order valence-corrected chi connectivity index (χ4v) is 1.46. The monoisotopic (exact) mass is 221 g/mol. The normalized spacial score (nSPS) is 12.6. The molecule has 0 aliphatic rings. The molecule has 1 rings (SSSR count). The van der Waals surface area contributed by atoms with E-state index in [0.717, 1.165) is 5.56 Å². The third kappa shape index (κ3) is 3.31. The van der Waals surface area contributed by atoms with Gasteiger partial charge in [0.25, 0.3) is 0 Å². The van der Waals surface area contributed by atoms with Crippen LogP contribution in [0.15, 0.2) is 24.5 Å². The zero-order chi connectivity index (χ0) is 12.1. The quantitative estimate of drug-likeness (QED) is 0.830. The minimum absolute atomic E-state index is 0.0288. The first-order valence-electron chi connectivity index (χ1n) is 5.47. The summed E-state index contributed by atoms with van der Waals surface area (Å²) in [4.78, 5) is 17.7. The van der Waals surface area contributed by atoms with Crippen molar-refractivity contribution < 1.29 is 4.79 Å². The van der Waals surface area contributed by atoms with Crippen LogP contribution in [0, 0.1) is 0 Å². The molecule has 88 valence electrons. The molecule has 0 radical (unpaired) electrons. The number of hydrogen-bond acceptors (Lipinski definition) is 3. The smallest absolute Gasteiger partial charge is 0.239 e. The summed E-state index contributed by atoms with van der Waals surface area (Å²) in [6, 6.07) is 3.50. The lowest BCUT2D eigenvalue weighted by Crippen LogP contribution is -2.45. The Hall–Kier alpha value is -1.42. The van der Waals surface area contributed by atoms with Crippen molar-refractivity contribution in [3.05, 3.63) is 30.1 Å². The van der Waals surface area contributed by atoms with E-state index in [1.54, 1.807) is 24.2 Å². The van der Waals surface area contributed by atoms with Crippen LogP contribution in [0.4, 0.5) is 0 Å². The third-order valence-corrected chi connectivity index (χ3v) is 2.37. The van der Waals surface area contributed by atoms with Crippen molar-refractivity contribution in [3.8, 4) is 0 Å². The van der Waals surface area contributed by atoms with Crippen molar-refractivity contribution in [2.75, 3.05) is 0 Å². The fraction of sp³-hybridized carbons (Fsp3) is 0.500. The molecule has 0 saturated carbocycles. The number of aromatic nitrogens is 1. The van der Waals surface area contributed by atoms with E-state index in [1.165, 1.54) is 0 Å². The zero-order valence-corrected chi connectivity index (χ0v) is 10.1. The minimum atomic E-state index is -0.459. The number of nitrogens with zero attached hydrogens (tertiary/aromatic N) is 2. The summed E-state index contributed by atoms with van der Waals surface area (Å²) in [6.45, 7) is 6.24. The van der Waals surface area contributed by atoms with E-state index in [0.29, 0.717) is 6.54 Å². The average molecular weight is 221 g/mol. The molecule has 1 heterocycles. The van der Waals surface area contributed by atoms with Gasteiger partial charge in [0, 0.05) is 25.0 Å². The van der Waals surface area contributed by atoms with Crippen LogP contribution in [-0.2, 0) is 11.3 Å². The summed E-state index contributed by atoms with van der Waals surface area (Å²) in [5, 5.41) is 0. The Morgan fingerprint density at radius 2 is 2.19 bits per heavy atom. The molecule has 0 spiro atoms. The van der Waals surface area contributed by atoms with Crippen molar-refractivity contribution in [2.24, 2.45) is 5.73 Å². The van der Waals surface area contributed by atoms with E-state index < -0.39 is 6.04 Å². The molecular formula is C12H19N3O. The molecule has 0 aliphatic carbocycles. The minimum Gasteiger partial charge on any atom is -0.335 e. The highest BCUT2D eigenvalue weighted by atomic mass is 16.2. The Kier molecular flexibility index (Phi) is 4.43. The summed E-state index contributed by atoms with van der Waals surface area (Å²) in [5.41, 5.74) is 6.64. The van der Waals surface area contributed by atoms with Crippen molar-refractivity contribution in [1.82, 2.24) is 9.88 Å². The number of carbonyl (C=O) groups is 1. The lowest BCUT2D eigenvalue weighted by Gasteiger charge is -2.28. The van der Waals surface area contributed by atoms with E-state index in [2.05, 4.69) is 4.98 Å². The Morgan fingerprint density at radius 1 is 1.50 bits per heavy atom. The van der Waals surface area contributed by atoms with Gasteiger partial charge >= 0.3 is 0 Å². The van der Waals surface area contributed by atoms with Crippen molar-refractivity contribution in [3.63, 3.8) is 0 Å². The highest BCUT2D eigenvalue weighted by molar-refractivity contribution is 5.81. The number of hydrogen-bond donors (Lipinski definition) is 1. The van der Waals surface area contributed by atoms with Gasteiger partial charge in [-0.1, -0.05) is 6.07 Å². The van der Waals surface area contributed by atoms with Gasteiger partial charge in [0.1, 0.15) is 0 Å². The van der Waals surface area contributed by atoms with Gasteiger partial charge in [-0.25, -0.2) is 0 Å². The van der Waals surface area contributed by atoms with Gasteiger partial charge in [-0.2, -0.15) is 0 Å². The summed E-state index contributed by atoms with van der Waals surface area (Å²) in [5.74, 6) is -0.0288. The van der Waals surface area contributed by atoms with Crippen LogP contribution >= 0.6 is 0 Å². The number of nitrogens with two attached hydrogens (primary N) is 1. The Morgan fingerprint density at radius 3 is 2.62 bits per heavy atom. The highest BCUT2D eigenvalue weighted by Gasteiger charge is 2.20. The second-order valence-electron chi connectivity index (χ2n) is 4.21. The topological polar surface area (TPSA) is 59.2 Å². The van der Waals surface area contributed by atoms with Crippen LogP contribution in [0.2, 0.25) is 0 Å². The van der Waals surface area contributed by atoms with E-state index in [4.69, 9.17) is 5.73 Å². The van der Waals surface area contributed by atoms with E-state index >= 15 is 0 Å². The molecule has 0 saturated heterocycles. The fourth-order valence-electron chi connectivity index (χ4n) is 1.46. The molecule has 4 nitrogen and oxygen atoms in total. The maximum atomic E-state index is 11.9. The SMILES string of the molecule is CC(C)N(Cc1cccnc1)C(=O)[C@H](C)N. The first-order chi connectivity index (χ1) is 7.52. The van der Waals surface area contributed by atoms with Gasteiger partial charge in [-0.3, -0.25) is 9.78 Å². The number of pyridine rings is 1. The van der Waals surface area contributed by atoms with Crippen molar-refractivity contribution >= 4 is 5.91 Å². The molecular weight excluding hydrogens is 202 g/mol. The summed E-state index contributed by atoms with van der Waals surface area (Å²) < 4.78 is 0. The van der Waals surface area contributed by atoms with Gasteiger partial charge in [-0.05, 0) is 32.4 Å². The molecule has 1 aromatic heterocycles. The highest BCUT2D eigenvalue weighted by Crippen LogP contribution is 2.08. The van der Waals surface area contributed by atoms with E-state index in [-0.39, 0.29) is 11.9 Å². The van der Waals surface area contributed by atoms with E-state index in [1.807, 2.05) is 26.0 Å². The van der Waals surface area contributed by atoms with Gasteiger partial charge < -0.3 is 10.6 Å². The van der Waals surface area contributed by atoms with Gasteiger partial charge in [0.15, 0.2) is 0 Å². The molecule has 0 aliphatic heterocycles. The first-order valence-corrected chi connectivity index (χ1v) is 5.47. The Bertz CT molecular complexity index is 335. The van der Waals surface area contributed by atoms with Crippen LogP contribution in [0.25, 0.3) is 0 Å². The molecule has 0 fully saturated rings. The van der Waals surface area contributed by atoms with E-state index in [9.17, 15) is 4.79 Å². The van der Waals surface area contributed by atoms with Gasteiger partial charge in [0.05, 0.1) is 6.04 Å². The van der Waals surface area contributed by atoms with Gasteiger partial charge in [0.2, 0.25) is 5.91 Å². The second-order valence-corrected chi connectivity index (χ2v) is 4.21. The Balaban J connectivity index is 2.77. The second kappa shape index (κ2) is 5.61. The maximum Gasteiger partial charge on any atom is 0.239 e.